The number of H-pyrrole nitrogens is 1. The second-order valence-electron chi connectivity index (χ2n) is 6.86. The number of hydrogen-bond donors (Lipinski definition) is 3. The minimum absolute atomic E-state index is 0.265. The van der Waals surface area contributed by atoms with Crippen molar-refractivity contribution in [2.75, 3.05) is 13.7 Å². The molecule has 0 aliphatic heterocycles. The lowest BCUT2D eigenvalue weighted by atomic mass is 10.1. The summed E-state index contributed by atoms with van der Waals surface area (Å²) in [4.78, 5) is 20.5. The molecule has 1 aromatic heterocycles. The number of aromatic amines is 1. The Morgan fingerprint density at radius 1 is 1.46 bits per heavy atom. The first-order valence-electron chi connectivity index (χ1n) is 8.02. The third kappa shape index (κ3) is 4.17. The molecule has 132 valence electrons. The van der Waals surface area contributed by atoms with Gasteiger partial charge in [-0.2, -0.15) is 0 Å². The Kier molecular flexibility index (Phi) is 5.33. The first kappa shape index (κ1) is 18.1. The quantitative estimate of drug-likeness (QED) is 0.753. The third-order valence-electron chi connectivity index (χ3n) is 4.00. The number of imidazole rings is 1. The van der Waals surface area contributed by atoms with Crippen molar-refractivity contribution in [1.82, 2.24) is 14.9 Å². The smallest absolute Gasteiger partial charge is 0.407 e. The van der Waals surface area contributed by atoms with Crippen LogP contribution in [0.1, 0.15) is 45.5 Å². The highest BCUT2D eigenvalue weighted by atomic mass is 16.5. The number of benzene rings is 1. The van der Waals surface area contributed by atoms with Crippen molar-refractivity contribution in [2.24, 2.45) is 5.73 Å². The highest BCUT2D eigenvalue weighted by molar-refractivity contribution is 5.76. The van der Waals surface area contributed by atoms with Gasteiger partial charge in [0.2, 0.25) is 0 Å². The van der Waals surface area contributed by atoms with Gasteiger partial charge in [-0.05, 0) is 45.7 Å². The Labute approximate surface area is 141 Å². The Bertz CT molecular complexity index is 705. The summed E-state index contributed by atoms with van der Waals surface area (Å²) < 4.78 is 5.20. The molecule has 2 rings (SSSR count). The van der Waals surface area contributed by atoms with Gasteiger partial charge in [-0.3, -0.25) is 0 Å². The maximum atomic E-state index is 11.3. The molecule has 1 amide bonds. The van der Waals surface area contributed by atoms with E-state index in [0.717, 1.165) is 16.8 Å². The monoisotopic (exact) mass is 334 g/mol. The molecule has 0 saturated carbocycles. The van der Waals surface area contributed by atoms with Gasteiger partial charge in [0, 0.05) is 18.2 Å². The number of hydrogen-bond acceptors (Lipinski definition) is 4. The highest BCUT2D eigenvalue weighted by Gasteiger charge is 2.25. The van der Waals surface area contributed by atoms with Crippen molar-refractivity contribution < 1.29 is 14.6 Å². The number of nitrogens with one attached hydrogen (secondary N) is 1. The normalized spacial score (nSPS) is 13.0. The molecule has 0 radical (unpaired) electrons. The minimum Gasteiger partial charge on any atom is -0.497 e. The van der Waals surface area contributed by atoms with Crippen molar-refractivity contribution in [2.45, 2.75) is 45.2 Å². The zero-order chi connectivity index (χ0) is 17.9. The number of amides is 1. The summed E-state index contributed by atoms with van der Waals surface area (Å²) in [7, 11) is 1.62. The van der Waals surface area contributed by atoms with Crippen molar-refractivity contribution in [1.29, 1.82) is 0 Å². The lowest BCUT2D eigenvalue weighted by Crippen LogP contribution is -2.45. The molecule has 7 nitrogen and oxygen atoms in total. The van der Waals surface area contributed by atoms with Gasteiger partial charge >= 0.3 is 6.09 Å². The number of carbonyl (C=O) groups is 1. The maximum absolute atomic E-state index is 11.3. The SMILES string of the molecule is COc1ccc2nc(C(N)CCCN(C(=O)O)C(C)(C)C)[nH]c2c1. The standard InChI is InChI=1S/C17H26N4O3/c1-17(2,3)21(16(22)23)9-5-6-12(18)15-19-13-8-7-11(24-4)10-14(13)20-15/h7-8,10,12H,5-6,9,18H2,1-4H3,(H,19,20)(H,22,23). The lowest BCUT2D eigenvalue weighted by Gasteiger charge is -2.33. The number of rotatable bonds is 6. The Balaban J connectivity index is 1.99. The van der Waals surface area contributed by atoms with Crippen LogP contribution in [0.3, 0.4) is 0 Å². The number of aromatic nitrogens is 2. The van der Waals surface area contributed by atoms with E-state index in [2.05, 4.69) is 9.97 Å². The molecule has 1 unspecified atom stereocenters. The molecule has 0 saturated heterocycles. The molecule has 1 aromatic carbocycles. The second-order valence-corrected chi connectivity index (χ2v) is 6.86. The second kappa shape index (κ2) is 7.09. The number of nitrogens with two attached hydrogens (primary N) is 1. The third-order valence-corrected chi connectivity index (χ3v) is 4.00. The van der Waals surface area contributed by atoms with Crippen molar-refractivity contribution in [3.05, 3.63) is 24.0 Å². The Morgan fingerprint density at radius 3 is 2.75 bits per heavy atom. The predicted molar refractivity (Wildman–Crippen MR) is 93.3 cm³/mol. The summed E-state index contributed by atoms with van der Waals surface area (Å²) in [5, 5.41) is 9.30. The lowest BCUT2D eigenvalue weighted by molar-refractivity contribution is 0.0987. The van der Waals surface area contributed by atoms with E-state index < -0.39 is 11.6 Å². The van der Waals surface area contributed by atoms with Crippen LogP contribution in [-0.2, 0) is 0 Å². The van der Waals surface area contributed by atoms with Crippen molar-refractivity contribution in [3.63, 3.8) is 0 Å². The zero-order valence-corrected chi connectivity index (χ0v) is 14.7. The zero-order valence-electron chi connectivity index (χ0n) is 14.7. The van der Waals surface area contributed by atoms with E-state index in [1.807, 2.05) is 39.0 Å². The fraction of sp³-hybridized carbons (Fsp3) is 0.529. The van der Waals surface area contributed by atoms with Crippen molar-refractivity contribution >= 4 is 17.1 Å². The van der Waals surface area contributed by atoms with Crippen molar-refractivity contribution in [3.8, 4) is 5.75 Å². The van der Waals surface area contributed by atoms with Crippen LogP contribution < -0.4 is 10.5 Å². The first-order chi connectivity index (χ1) is 11.2. The molecular weight excluding hydrogens is 308 g/mol. The summed E-state index contributed by atoms with van der Waals surface area (Å²) in [5.41, 5.74) is 7.50. The van der Waals surface area contributed by atoms with Gasteiger partial charge in [-0.1, -0.05) is 0 Å². The van der Waals surface area contributed by atoms with E-state index in [0.29, 0.717) is 25.2 Å². The molecular formula is C17H26N4O3. The molecule has 4 N–H and O–H groups in total. The fourth-order valence-corrected chi connectivity index (χ4v) is 2.64. The molecule has 7 heteroatoms. The summed E-state index contributed by atoms with van der Waals surface area (Å²) in [6, 6.07) is 5.35. The summed E-state index contributed by atoms with van der Waals surface area (Å²) in [6.45, 7) is 6.09. The van der Waals surface area contributed by atoms with Crippen LogP contribution >= 0.6 is 0 Å². The Morgan fingerprint density at radius 2 is 2.17 bits per heavy atom. The topological polar surface area (TPSA) is 104 Å². The molecule has 0 aliphatic rings. The average molecular weight is 334 g/mol. The number of carboxylic acid groups (broad SMARTS) is 1. The molecule has 2 aromatic rings. The summed E-state index contributed by atoms with van der Waals surface area (Å²) in [5.74, 6) is 1.46. The molecule has 1 atom stereocenters. The van der Waals surface area contributed by atoms with Gasteiger partial charge in [0.05, 0.1) is 24.2 Å². The maximum Gasteiger partial charge on any atom is 0.407 e. The number of methoxy groups -OCH3 is 1. The molecule has 0 spiro atoms. The van der Waals surface area contributed by atoms with E-state index in [1.165, 1.54) is 4.90 Å². The number of nitrogens with zero attached hydrogens (tertiary/aromatic N) is 2. The van der Waals surface area contributed by atoms with Crippen LogP contribution in [0.5, 0.6) is 5.75 Å². The predicted octanol–water partition coefficient (Wildman–Crippen LogP) is 3.13. The minimum atomic E-state index is -0.910. The van der Waals surface area contributed by atoms with Crippen LogP contribution in [0.2, 0.25) is 0 Å². The van der Waals surface area contributed by atoms with Crippen LogP contribution in [-0.4, -0.2) is 45.3 Å². The van der Waals surface area contributed by atoms with E-state index in [1.54, 1.807) is 7.11 Å². The van der Waals surface area contributed by atoms with Crippen LogP contribution in [0.4, 0.5) is 4.79 Å². The van der Waals surface area contributed by atoms with Gasteiger partial charge < -0.3 is 25.5 Å². The van der Waals surface area contributed by atoms with Gasteiger partial charge in [0.1, 0.15) is 11.6 Å². The molecule has 0 bridgehead atoms. The van der Waals surface area contributed by atoms with Gasteiger partial charge in [0.15, 0.2) is 0 Å². The highest BCUT2D eigenvalue weighted by Crippen LogP contribution is 2.22. The molecule has 24 heavy (non-hydrogen) atoms. The van der Waals surface area contributed by atoms with Gasteiger partial charge in [-0.25, -0.2) is 9.78 Å². The Hall–Kier alpha value is -2.28. The molecule has 0 aliphatic carbocycles. The van der Waals surface area contributed by atoms with E-state index in [-0.39, 0.29) is 6.04 Å². The summed E-state index contributed by atoms with van der Waals surface area (Å²) >= 11 is 0. The van der Waals surface area contributed by atoms with Gasteiger partial charge in [-0.15, -0.1) is 0 Å². The van der Waals surface area contributed by atoms with Crippen LogP contribution in [0.15, 0.2) is 18.2 Å². The van der Waals surface area contributed by atoms with Crippen LogP contribution in [0, 0.1) is 0 Å². The number of fused-ring (bicyclic) bond motifs is 1. The number of ether oxygens (including phenoxy) is 1. The summed E-state index contributed by atoms with van der Waals surface area (Å²) in [6.07, 6.45) is 0.411. The molecule has 0 fully saturated rings. The first-order valence-corrected chi connectivity index (χ1v) is 8.02. The average Bonchev–Trinajstić information content (AvgIpc) is 2.92. The van der Waals surface area contributed by atoms with Gasteiger partial charge in [0.25, 0.3) is 0 Å². The largest absolute Gasteiger partial charge is 0.497 e. The molecule has 1 heterocycles. The van der Waals surface area contributed by atoms with Crippen LogP contribution in [0.25, 0.3) is 11.0 Å². The van der Waals surface area contributed by atoms with E-state index >= 15 is 0 Å². The van der Waals surface area contributed by atoms with E-state index in [4.69, 9.17) is 10.5 Å². The van der Waals surface area contributed by atoms with E-state index in [9.17, 15) is 9.90 Å². The fourth-order valence-electron chi connectivity index (χ4n) is 2.64.